The van der Waals surface area contributed by atoms with Gasteiger partial charge in [0.25, 0.3) is 0 Å². The average molecular weight is 116 g/mol. The van der Waals surface area contributed by atoms with Crippen LogP contribution in [0.1, 0.15) is 6.42 Å². The van der Waals surface area contributed by atoms with Gasteiger partial charge in [0.05, 0.1) is 12.6 Å². The summed E-state index contributed by atoms with van der Waals surface area (Å²) in [6, 6.07) is -0.521. The van der Waals surface area contributed by atoms with E-state index in [9.17, 15) is 9.70 Å². The molecule has 0 amide bonds. The maximum absolute atomic E-state index is 9.74. The summed E-state index contributed by atoms with van der Waals surface area (Å²) < 4.78 is 0. The molecule has 0 aliphatic carbocycles. The molecule has 0 saturated carbocycles. The second-order valence-corrected chi connectivity index (χ2v) is 1.44. The summed E-state index contributed by atoms with van der Waals surface area (Å²) in [6.07, 6.45) is 0.957. The highest BCUT2D eigenvalue weighted by molar-refractivity contribution is 5.56. The van der Waals surface area contributed by atoms with Gasteiger partial charge in [-0.1, -0.05) is 5.18 Å². The first-order valence-electron chi connectivity index (χ1n) is 2.31. The Morgan fingerprint density at radius 1 is 1.75 bits per heavy atom. The van der Waals surface area contributed by atoms with Gasteiger partial charge in [-0.15, -0.1) is 0 Å². The summed E-state index contributed by atoms with van der Waals surface area (Å²) in [5.74, 6) is 0. The van der Waals surface area contributed by atoms with Gasteiger partial charge in [0.1, 0.15) is 6.29 Å². The summed E-state index contributed by atoms with van der Waals surface area (Å²) in [6.45, 7) is 0.125. The summed E-state index contributed by atoms with van der Waals surface area (Å²) in [5.41, 5.74) is 5.09. The van der Waals surface area contributed by atoms with Crippen molar-refractivity contribution in [2.75, 3.05) is 6.54 Å². The van der Waals surface area contributed by atoms with E-state index < -0.39 is 6.04 Å². The van der Waals surface area contributed by atoms with Gasteiger partial charge >= 0.3 is 0 Å². The van der Waals surface area contributed by atoms with Gasteiger partial charge in [0.15, 0.2) is 0 Å². The zero-order chi connectivity index (χ0) is 6.41. The lowest BCUT2D eigenvalue weighted by Gasteiger charge is -1.94. The maximum Gasteiger partial charge on any atom is 0.136 e. The highest BCUT2D eigenvalue weighted by atomic mass is 16.3. The topological polar surface area (TPSA) is 72.5 Å². The minimum Gasteiger partial charge on any atom is -0.322 e. The van der Waals surface area contributed by atoms with Crippen molar-refractivity contribution in [3.8, 4) is 0 Å². The molecule has 0 aromatic rings. The lowest BCUT2D eigenvalue weighted by atomic mass is 10.2. The second-order valence-electron chi connectivity index (χ2n) is 1.44. The lowest BCUT2D eigenvalue weighted by Crippen LogP contribution is -2.21. The van der Waals surface area contributed by atoms with Crippen molar-refractivity contribution >= 4 is 6.29 Å². The van der Waals surface area contributed by atoms with E-state index in [0.717, 1.165) is 0 Å². The molecule has 4 heteroatoms. The predicted molar refractivity (Wildman–Crippen MR) is 29.3 cm³/mol. The van der Waals surface area contributed by atoms with Crippen LogP contribution < -0.4 is 5.73 Å². The van der Waals surface area contributed by atoms with Crippen molar-refractivity contribution in [2.45, 2.75) is 12.5 Å². The number of nitrogens with zero attached hydrogens (tertiary/aromatic N) is 1. The molecule has 0 aliphatic rings. The van der Waals surface area contributed by atoms with Crippen molar-refractivity contribution in [1.29, 1.82) is 0 Å². The molecule has 0 fully saturated rings. The summed E-state index contributed by atoms with van der Waals surface area (Å²) in [7, 11) is 0. The zero-order valence-electron chi connectivity index (χ0n) is 4.41. The first-order valence-corrected chi connectivity index (χ1v) is 2.31. The van der Waals surface area contributed by atoms with Crippen molar-refractivity contribution in [3.63, 3.8) is 0 Å². The smallest absolute Gasteiger partial charge is 0.136 e. The van der Waals surface area contributed by atoms with Gasteiger partial charge in [-0.3, -0.25) is 0 Å². The Morgan fingerprint density at radius 3 is 2.75 bits per heavy atom. The number of hydrogen-bond donors (Lipinski definition) is 1. The number of aldehydes is 1. The Balaban J connectivity index is 3.09. The molecule has 0 rings (SSSR count). The Kier molecular flexibility index (Phi) is 3.97. The molecule has 0 aromatic heterocycles. The van der Waals surface area contributed by atoms with Crippen LogP contribution in [0.5, 0.6) is 0 Å². The maximum atomic E-state index is 9.74. The molecule has 0 aliphatic heterocycles. The molecule has 2 N–H and O–H groups in total. The van der Waals surface area contributed by atoms with Gasteiger partial charge in [0.2, 0.25) is 0 Å². The number of rotatable bonds is 4. The normalized spacial score (nSPS) is 12.6. The fourth-order valence-electron chi connectivity index (χ4n) is 0.270. The number of nitroso groups, excluding NO2 is 1. The average Bonchev–Trinajstić information content (AvgIpc) is 1.83. The molecule has 1 unspecified atom stereocenters. The fourth-order valence-corrected chi connectivity index (χ4v) is 0.270. The van der Waals surface area contributed by atoms with Gasteiger partial charge in [-0.2, -0.15) is 4.91 Å². The number of hydrogen-bond acceptors (Lipinski definition) is 4. The SMILES string of the molecule is NC(C=O)CCN=O. The Morgan fingerprint density at radius 2 is 2.38 bits per heavy atom. The minimum atomic E-state index is -0.521. The van der Waals surface area contributed by atoms with E-state index in [-0.39, 0.29) is 6.54 Å². The van der Waals surface area contributed by atoms with E-state index in [4.69, 9.17) is 5.73 Å². The van der Waals surface area contributed by atoms with E-state index in [1.54, 1.807) is 0 Å². The highest BCUT2D eigenvalue weighted by Crippen LogP contribution is 1.82. The van der Waals surface area contributed by atoms with Crippen LogP contribution in [0, 0.1) is 4.91 Å². The third-order valence-electron chi connectivity index (χ3n) is 0.729. The molecule has 0 radical (unpaired) electrons. The molecular formula is C4H8N2O2. The first-order chi connectivity index (χ1) is 3.81. The van der Waals surface area contributed by atoms with Crippen LogP contribution >= 0.6 is 0 Å². The fraction of sp³-hybridized carbons (Fsp3) is 0.750. The van der Waals surface area contributed by atoms with Crippen LogP contribution in [0.4, 0.5) is 0 Å². The number of nitrogens with two attached hydrogens (primary N) is 1. The monoisotopic (exact) mass is 116 g/mol. The molecule has 0 bridgehead atoms. The Bertz CT molecular complexity index is 84.1. The minimum absolute atomic E-state index is 0.125. The predicted octanol–water partition coefficient (Wildman–Crippen LogP) is -0.331. The Labute approximate surface area is 47.0 Å². The van der Waals surface area contributed by atoms with Crippen LogP contribution in [-0.2, 0) is 4.79 Å². The van der Waals surface area contributed by atoms with E-state index in [1.807, 2.05) is 0 Å². The van der Waals surface area contributed by atoms with Crippen molar-refractivity contribution in [1.82, 2.24) is 0 Å². The van der Waals surface area contributed by atoms with Gasteiger partial charge in [0, 0.05) is 0 Å². The molecule has 1 atom stereocenters. The molecule has 46 valence electrons. The van der Waals surface area contributed by atoms with Crippen molar-refractivity contribution in [2.24, 2.45) is 10.9 Å². The summed E-state index contributed by atoms with van der Waals surface area (Å²) in [4.78, 5) is 19.1. The van der Waals surface area contributed by atoms with E-state index in [1.165, 1.54) is 0 Å². The molecular weight excluding hydrogens is 108 g/mol. The highest BCUT2D eigenvalue weighted by Gasteiger charge is 1.96. The van der Waals surface area contributed by atoms with E-state index in [0.29, 0.717) is 12.7 Å². The van der Waals surface area contributed by atoms with Crippen LogP contribution in [0.15, 0.2) is 5.18 Å². The molecule has 0 saturated heterocycles. The van der Waals surface area contributed by atoms with Crippen molar-refractivity contribution in [3.05, 3.63) is 4.91 Å². The van der Waals surface area contributed by atoms with Crippen LogP contribution in [0.25, 0.3) is 0 Å². The summed E-state index contributed by atoms with van der Waals surface area (Å²) >= 11 is 0. The van der Waals surface area contributed by atoms with Crippen molar-refractivity contribution < 1.29 is 4.79 Å². The molecule has 0 heterocycles. The standard InChI is InChI=1S/C4H8N2O2/c5-4(3-7)1-2-6-8/h3-4H,1-2,5H2. The second kappa shape index (κ2) is 4.39. The third kappa shape index (κ3) is 3.42. The van der Waals surface area contributed by atoms with Crippen LogP contribution in [-0.4, -0.2) is 18.9 Å². The quantitative estimate of drug-likeness (QED) is 0.403. The largest absolute Gasteiger partial charge is 0.322 e. The molecule has 8 heavy (non-hydrogen) atoms. The first kappa shape index (κ1) is 7.23. The number of carbonyl (C=O) groups excluding carboxylic acids is 1. The molecule has 0 aromatic carbocycles. The van der Waals surface area contributed by atoms with Gasteiger partial charge in [-0.25, -0.2) is 0 Å². The van der Waals surface area contributed by atoms with E-state index in [2.05, 4.69) is 5.18 Å². The van der Waals surface area contributed by atoms with Crippen LogP contribution in [0.3, 0.4) is 0 Å². The molecule has 0 spiro atoms. The van der Waals surface area contributed by atoms with Crippen LogP contribution in [0.2, 0.25) is 0 Å². The molecule has 4 nitrogen and oxygen atoms in total. The van der Waals surface area contributed by atoms with E-state index >= 15 is 0 Å². The van der Waals surface area contributed by atoms with Gasteiger partial charge in [-0.05, 0) is 6.42 Å². The number of carbonyl (C=O) groups is 1. The third-order valence-corrected chi connectivity index (χ3v) is 0.729. The lowest BCUT2D eigenvalue weighted by molar-refractivity contribution is -0.108. The van der Waals surface area contributed by atoms with Gasteiger partial charge < -0.3 is 10.5 Å². The summed E-state index contributed by atoms with van der Waals surface area (Å²) in [5, 5.41) is 2.53. The zero-order valence-corrected chi connectivity index (χ0v) is 4.41. The Hall–Kier alpha value is -0.770.